The number of hydrogen-bond acceptors (Lipinski definition) is 3. The smallest absolute Gasteiger partial charge is 0.225 e. The molecule has 0 saturated carbocycles. The lowest BCUT2D eigenvalue weighted by Gasteiger charge is -2.34. The number of nitrogens with one attached hydrogen (secondary N) is 1. The van der Waals surface area contributed by atoms with Gasteiger partial charge < -0.3 is 15.3 Å². The predicted molar refractivity (Wildman–Crippen MR) is 80.9 cm³/mol. The molecule has 1 aliphatic heterocycles. The summed E-state index contributed by atoms with van der Waals surface area (Å²) in [5, 5.41) is 13.1. The first kappa shape index (κ1) is 15.3. The first-order valence-electron chi connectivity index (χ1n) is 7.00. The first-order chi connectivity index (χ1) is 9.54. The van der Waals surface area contributed by atoms with Crippen LogP contribution in [0, 0.1) is 5.92 Å². The average Bonchev–Trinajstić information content (AvgIpc) is 2.40. The zero-order chi connectivity index (χ0) is 14.5. The van der Waals surface area contributed by atoms with Crippen LogP contribution in [0.25, 0.3) is 0 Å². The predicted octanol–water partition coefficient (Wildman–Crippen LogP) is 2.37. The molecule has 0 aromatic heterocycles. The second-order valence-electron chi connectivity index (χ2n) is 5.44. The Morgan fingerprint density at radius 1 is 1.55 bits per heavy atom. The molecule has 2 rings (SSSR count). The molecule has 0 bridgehead atoms. The third kappa shape index (κ3) is 4.47. The fourth-order valence-electron chi connectivity index (χ4n) is 2.47. The van der Waals surface area contributed by atoms with E-state index in [1.807, 2.05) is 19.1 Å². The molecule has 110 valence electrons. The second kappa shape index (κ2) is 7.07. The van der Waals surface area contributed by atoms with Crippen molar-refractivity contribution in [2.45, 2.75) is 25.9 Å². The summed E-state index contributed by atoms with van der Waals surface area (Å²) in [4.78, 5) is 14.1. The number of carbonyl (C=O) groups excluding carboxylic acids is 1. The van der Waals surface area contributed by atoms with E-state index in [1.165, 1.54) is 0 Å². The lowest BCUT2D eigenvalue weighted by Crippen LogP contribution is -2.42. The number of likely N-dealkylation sites (tertiary alicyclic amines) is 1. The molecule has 0 spiro atoms. The van der Waals surface area contributed by atoms with Crippen LogP contribution in [0.15, 0.2) is 24.3 Å². The number of nitrogens with zero attached hydrogens (tertiary/aromatic N) is 1. The van der Waals surface area contributed by atoms with Crippen LogP contribution in [0.2, 0.25) is 5.02 Å². The fourth-order valence-corrected chi connectivity index (χ4v) is 2.66. The van der Waals surface area contributed by atoms with Gasteiger partial charge in [0.15, 0.2) is 0 Å². The van der Waals surface area contributed by atoms with E-state index >= 15 is 0 Å². The minimum atomic E-state index is -0.202. The minimum Gasteiger partial charge on any atom is -0.393 e. The van der Waals surface area contributed by atoms with E-state index in [0.717, 1.165) is 31.7 Å². The molecule has 2 N–H and O–H groups in total. The second-order valence-corrected chi connectivity index (χ2v) is 5.88. The number of benzene rings is 1. The minimum absolute atomic E-state index is 0.00829. The van der Waals surface area contributed by atoms with Crippen molar-refractivity contribution in [3.05, 3.63) is 29.3 Å². The van der Waals surface area contributed by atoms with Crippen molar-refractivity contribution in [1.29, 1.82) is 0 Å². The normalized spacial score (nSPS) is 23.6. The Labute approximate surface area is 124 Å². The van der Waals surface area contributed by atoms with E-state index in [2.05, 4.69) is 10.2 Å². The summed E-state index contributed by atoms with van der Waals surface area (Å²) < 4.78 is 0. The number of halogens is 1. The van der Waals surface area contributed by atoms with E-state index in [1.54, 1.807) is 12.1 Å². The lowest BCUT2D eigenvalue weighted by molar-refractivity contribution is -0.116. The maximum Gasteiger partial charge on any atom is 0.225 e. The number of carbonyl (C=O) groups is 1. The van der Waals surface area contributed by atoms with E-state index < -0.39 is 0 Å². The summed E-state index contributed by atoms with van der Waals surface area (Å²) >= 11 is 5.87. The Bertz CT molecular complexity index is 467. The van der Waals surface area contributed by atoms with Gasteiger partial charge in [-0.25, -0.2) is 0 Å². The highest BCUT2D eigenvalue weighted by molar-refractivity contribution is 6.30. The van der Waals surface area contributed by atoms with E-state index in [0.29, 0.717) is 11.4 Å². The molecule has 1 heterocycles. The number of anilines is 1. The highest BCUT2D eigenvalue weighted by atomic mass is 35.5. The Morgan fingerprint density at radius 2 is 2.35 bits per heavy atom. The van der Waals surface area contributed by atoms with Crippen LogP contribution in [-0.2, 0) is 4.79 Å². The Balaban J connectivity index is 1.75. The van der Waals surface area contributed by atoms with Gasteiger partial charge in [0.25, 0.3) is 0 Å². The third-order valence-corrected chi connectivity index (χ3v) is 3.94. The number of aliphatic hydroxyl groups is 1. The van der Waals surface area contributed by atoms with E-state index in [4.69, 9.17) is 11.6 Å². The quantitative estimate of drug-likeness (QED) is 0.897. The van der Waals surface area contributed by atoms with Gasteiger partial charge in [-0.15, -0.1) is 0 Å². The highest BCUT2D eigenvalue weighted by Gasteiger charge is 2.24. The van der Waals surface area contributed by atoms with Gasteiger partial charge in [-0.2, -0.15) is 0 Å². The molecule has 20 heavy (non-hydrogen) atoms. The van der Waals surface area contributed by atoms with E-state index in [-0.39, 0.29) is 17.9 Å². The number of hydrogen-bond donors (Lipinski definition) is 2. The lowest BCUT2D eigenvalue weighted by atomic mass is 9.97. The van der Waals surface area contributed by atoms with Crippen LogP contribution in [0.5, 0.6) is 0 Å². The van der Waals surface area contributed by atoms with Gasteiger partial charge >= 0.3 is 0 Å². The summed E-state index contributed by atoms with van der Waals surface area (Å²) in [6.45, 7) is 4.48. The van der Waals surface area contributed by atoms with Crippen molar-refractivity contribution < 1.29 is 9.90 Å². The monoisotopic (exact) mass is 296 g/mol. The average molecular weight is 297 g/mol. The molecule has 1 amide bonds. The zero-order valence-electron chi connectivity index (χ0n) is 11.7. The summed E-state index contributed by atoms with van der Waals surface area (Å²) in [6.07, 6.45) is 1.04. The van der Waals surface area contributed by atoms with Gasteiger partial charge in [-0.1, -0.05) is 24.6 Å². The SMILES string of the molecule is CC1CN(CCC(=O)Nc2cccc(Cl)c2)CCC1O. The molecule has 5 heteroatoms. The van der Waals surface area contributed by atoms with Crippen molar-refractivity contribution >= 4 is 23.2 Å². The van der Waals surface area contributed by atoms with Gasteiger partial charge in [-0.3, -0.25) is 4.79 Å². The Morgan fingerprint density at radius 3 is 3.05 bits per heavy atom. The number of rotatable bonds is 4. The fraction of sp³-hybridized carbons (Fsp3) is 0.533. The maximum atomic E-state index is 11.9. The van der Waals surface area contributed by atoms with Crippen molar-refractivity contribution in [2.75, 3.05) is 25.0 Å². The Hall–Kier alpha value is -1.10. The van der Waals surface area contributed by atoms with Crippen LogP contribution >= 0.6 is 11.6 Å². The molecular weight excluding hydrogens is 276 g/mol. The van der Waals surface area contributed by atoms with E-state index in [9.17, 15) is 9.90 Å². The van der Waals surface area contributed by atoms with Gasteiger partial charge in [0, 0.05) is 36.8 Å². The molecule has 1 fully saturated rings. The summed E-state index contributed by atoms with van der Waals surface area (Å²) in [6, 6.07) is 7.14. The molecule has 2 atom stereocenters. The standard InChI is InChI=1S/C15H21ClN2O2/c1-11-10-18(7-5-14(11)19)8-6-15(20)17-13-4-2-3-12(16)9-13/h2-4,9,11,14,19H,5-8,10H2,1H3,(H,17,20). The molecule has 0 radical (unpaired) electrons. The van der Waals surface area contributed by atoms with Crippen LogP contribution in [0.1, 0.15) is 19.8 Å². The van der Waals surface area contributed by atoms with Crippen LogP contribution < -0.4 is 5.32 Å². The van der Waals surface area contributed by atoms with Crippen molar-refractivity contribution in [3.8, 4) is 0 Å². The van der Waals surface area contributed by atoms with Crippen molar-refractivity contribution in [2.24, 2.45) is 5.92 Å². The van der Waals surface area contributed by atoms with Crippen LogP contribution in [0.3, 0.4) is 0 Å². The van der Waals surface area contributed by atoms with Crippen molar-refractivity contribution in [3.63, 3.8) is 0 Å². The van der Waals surface area contributed by atoms with Crippen molar-refractivity contribution in [1.82, 2.24) is 4.90 Å². The van der Waals surface area contributed by atoms with Gasteiger partial charge in [-0.05, 0) is 30.5 Å². The van der Waals surface area contributed by atoms with Gasteiger partial charge in [0.2, 0.25) is 5.91 Å². The molecule has 0 aliphatic carbocycles. The summed E-state index contributed by atoms with van der Waals surface area (Å²) in [5.41, 5.74) is 0.727. The first-order valence-corrected chi connectivity index (χ1v) is 7.38. The molecule has 4 nitrogen and oxygen atoms in total. The van der Waals surface area contributed by atoms with Crippen LogP contribution in [0.4, 0.5) is 5.69 Å². The molecule has 1 aromatic carbocycles. The topological polar surface area (TPSA) is 52.6 Å². The molecule has 1 aromatic rings. The Kier molecular flexibility index (Phi) is 5.40. The summed E-state index contributed by atoms with van der Waals surface area (Å²) in [5.74, 6) is 0.269. The third-order valence-electron chi connectivity index (χ3n) is 3.71. The van der Waals surface area contributed by atoms with Gasteiger partial charge in [0.1, 0.15) is 0 Å². The zero-order valence-corrected chi connectivity index (χ0v) is 12.4. The van der Waals surface area contributed by atoms with Crippen LogP contribution in [-0.4, -0.2) is 41.7 Å². The molecule has 2 unspecified atom stereocenters. The molecule has 1 saturated heterocycles. The number of amides is 1. The number of piperidine rings is 1. The van der Waals surface area contributed by atoms with Gasteiger partial charge in [0.05, 0.1) is 6.10 Å². The molecular formula is C15H21ClN2O2. The number of aliphatic hydroxyl groups excluding tert-OH is 1. The maximum absolute atomic E-state index is 11.9. The largest absolute Gasteiger partial charge is 0.393 e. The molecule has 1 aliphatic rings. The highest BCUT2D eigenvalue weighted by Crippen LogP contribution is 2.17. The summed E-state index contributed by atoms with van der Waals surface area (Å²) in [7, 11) is 0.